The predicted molar refractivity (Wildman–Crippen MR) is 80.2 cm³/mol. The molecule has 4 nitrogen and oxygen atoms in total. The molecule has 0 fully saturated rings. The third kappa shape index (κ3) is 2.59. The minimum atomic E-state index is -4.59. The molecule has 2 heterocycles. The van der Waals surface area contributed by atoms with Crippen molar-refractivity contribution in [3.8, 4) is 6.07 Å². The van der Waals surface area contributed by atoms with E-state index in [1.807, 2.05) is 0 Å². The molecule has 0 radical (unpaired) electrons. The summed E-state index contributed by atoms with van der Waals surface area (Å²) in [5.41, 5.74) is 0.486. The van der Waals surface area contributed by atoms with Crippen LogP contribution in [0.3, 0.4) is 0 Å². The van der Waals surface area contributed by atoms with E-state index in [0.29, 0.717) is 22.6 Å². The minimum absolute atomic E-state index is 0.0188. The van der Waals surface area contributed by atoms with Crippen LogP contribution in [0.4, 0.5) is 13.2 Å². The van der Waals surface area contributed by atoms with Gasteiger partial charge in [0.05, 0.1) is 23.7 Å². The highest BCUT2D eigenvalue weighted by Gasteiger charge is 2.36. The summed E-state index contributed by atoms with van der Waals surface area (Å²) in [6.45, 7) is 1.99. The van der Waals surface area contributed by atoms with Crippen LogP contribution in [0.15, 0.2) is 28.8 Å². The van der Waals surface area contributed by atoms with E-state index < -0.39 is 11.7 Å². The first-order chi connectivity index (χ1) is 10.8. The molecule has 3 aromatic rings. The van der Waals surface area contributed by atoms with Crippen molar-refractivity contribution in [2.75, 3.05) is 0 Å². The number of nitrogens with zero attached hydrogens (tertiary/aromatic N) is 3. The second-order valence-electron chi connectivity index (χ2n) is 5.34. The Morgan fingerprint density at radius 2 is 2.09 bits per heavy atom. The van der Waals surface area contributed by atoms with E-state index in [1.165, 1.54) is 18.2 Å². The zero-order valence-corrected chi connectivity index (χ0v) is 12.4. The van der Waals surface area contributed by atoms with Crippen LogP contribution in [-0.2, 0) is 12.7 Å². The van der Waals surface area contributed by atoms with Crippen molar-refractivity contribution in [3.63, 3.8) is 0 Å². The van der Waals surface area contributed by atoms with Crippen molar-refractivity contribution in [1.82, 2.24) is 9.72 Å². The molecule has 0 spiro atoms. The SMILES string of the molecule is Bc1cc(Cn2c(C)cc3c(C(F)(F)F)c(C#N)ccc32)on1. The molecule has 3 rings (SSSR count). The van der Waals surface area contributed by atoms with Gasteiger partial charge in [0.25, 0.3) is 0 Å². The second kappa shape index (κ2) is 5.20. The van der Waals surface area contributed by atoms with E-state index in [9.17, 15) is 13.2 Å². The van der Waals surface area contributed by atoms with Gasteiger partial charge in [0.15, 0.2) is 13.6 Å². The van der Waals surface area contributed by atoms with Crippen molar-refractivity contribution < 1.29 is 17.7 Å². The Hall–Kier alpha value is -2.69. The molecular weight excluding hydrogens is 306 g/mol. The lowest BCUT2D eigenvalue weighted by Gasteiger charge is -2.11. The lowest BCUT2D eigenvalue weighted by Crippen LogP contribution is -2.09. The van der Waals surface area contributed by atoms with Gasteiger partial charge in [-0.05, 0) is 31.2 Å². The molecule has 0 N–H and O–H groups in total. The molecule has 0 saturated heterocycles. The molecule has 8 heteroatoms. The number of halogens is 3. The van der Waals surface area contributed by atoms with Gasteiger partial charge in [-0.15, -0.1) is 0 Å². The highest BCUT2D eigenvalue weighted by Crippen LogP contribution is 2.38. The first-order valence-corrected chi connectivity index (χ1v) is 6.83. The standard InChI is InChI=1S/C15H11BF3N3O/c1-8-4-11-12(22(8)7-10-5-13(16)21-23-10)3-2-9(6-20)14(11)15(17,18)19/h2-5H,7,16H2,1H3. The summed E-state index contributed by atoms with van der Waals surface area (Å²) in [6, 6.07) is 7.53. The van der Waals surface area contributed by atoms with Crippen LogP contribution in [0, 0.1) is 18.3 Å². The molecule has 1 aromatic carbocycles. The van der Waals surface area contributed by atoms with E-state index >= 15 is 0 Å². The number of alkyl halides is 3. The maximum atomic E-state index is 13.3. The number of hydrogen-bond donors (Lipinski definition) is 0. The number of aromatic nitrogens is 2. The molecule has 0 aliphatic carbocycles. The highest BCUT2D eigenvalue weighted by atomic mass is 19.4. The number of aryl methyl sites for hydroxylation is 1. The molecule has 116 valence electrons. The first-order valence-electron chi connectivity index (χ1n) is 6.83. The summed E-state index contributed by atoms with van der Waals surface area (Å²) < 4.78 is 46.9. The largest absolute Gasteiger partial charge is 0.418 e. The maximum absolute atomic E-state index is 13.3. The van der Waals surface area contributed by atoms with Gasteiger partial charge in [0, 0.05) is 22.2 Å². The Morgan fingerprint density at radius 3 is 2.65 bits per heavy atom. The summed E-state index contributed by atoms with van der Waals surface area (Å²) in [6.07, 6.45) is -4.59. The smallest absolute Gasteiger partial charge is 0.360 e. The number of fused-ring (bicyclic) bond motifs is 1. The predicted octanol–water partition coefficient (Wildman–Crippen LogP) is 2.13. The van der Waals surface area contributed by atoms with E-state index in [1.54, 1.807) is 31.5 Å². The fraction of sp³-hybridized carbons (Fsp3) is 0.200. The summed E-state index contributed by atoms with van der Waals surface area (Å²) in [5, 5.41) is 12.8. The van der Waals surface area contributed by atoms with Crippen LogP contribution < -0.4 is 5.59 Å². The van der Waals surface area contributed by atoms with E-state index in [2.05, 4.69) is 5.16 Å². The van der Waals surface area contributed by atoms with Gasteiger partial charge in [-0.25, -0.2) is 0 Å². The topological polar surface area (TPSA) is 54.8 Å². The monoisotopic (exact) mass is 317 g/mol. The minimum Gasteiger partial charge on any atom is -0.360 e. The van der Waals surface area contributed by atoms with Crippen LogP contribution >= 0.6 is 0 Å². The van der Waals surface area contributed by atoms with Gasteiger partial charge in [0.1, 0.15) is 0 Å². The molecule has 0 atom stereocenters. The van der Waals surface area contributed by atoms with E-state index in [-0.39, 0.29) is 17.5 Å². The van der Waals surface area contributed by atoms with Gasteiger partial charge in [-0.2, -0.15) is 18.4 Å². The Kier molecular flexibility index (Phi) is 3.44. The van der Waals surface area contributed by atoms with Crippen LogP contribution in [0.5, 0.6) is 0 Å². The lowest BCUT2D eigenvalue weighted by atomic mass is 10.0. The highest BCUT2D eigenvalue weighted by molar-refractivity contribution is 6.30. The second-order valence-corrected chi connectivity index (χ2v) is 5.34. The molecule has 0 saturated carbocycles. The number of hydrogen-bond acceptors (Lipinski definition) is 3. The molecule has 0 aliphatic rings. The van der Waals surface area contributed by atoms with Gasteiger partial charge in [-0.1, -0.05) is 5.16 Å². The lowest BCUT2D eigenvalue weighted by molar-refractivity contribution is -0.136. The molecular formula is C15H11BF3N3O. The Labute approximate surface area is 130 Å². The fourth-order valence-electron chi connectivity index (χ4n) is 2.72. The van der Waals surface area contributed by atoms with Crippen LogP contribution in [0.25, 0.3) is 10.9 Å². The molecule has 0 bridgehead atoms. The fourth-order valence-corrected chi connectivity index (χ4v) is 2.72. The Balaban J connectivity index is 2.22. The van der Waals surface area contributed by atoms with Crippen molar-refractivity contribution in [1.29, 1.82) is 5.26 Å². The molecule has 0 amide bonds. The average molecular weight is 317 g/mol. The summed E-state index contributed by atoms with van der Waals surface area (Å²) >= 11 is 0. The quantitative estimate of drug-likeness (QED) is 0.681. The number of rotatable bonds is 2. The van der Waals surface area contributed by atoms with Gasteiger partial charge in [0.2, 0.25) is 0 Å². The third-order valence-electron chi connectivity index (χ3n) is 3.69. The van der Waals surface area contributed by atoms with Crippen molar-refractivity contribution in [3.05, 3.63) is 46.8 Å². The Bertz CT molecular complexity index is 934. The summed E-state index contributed by atoms with van der Waals surface area (Å²) in [7, 11) is 1.77. The molecule has 0 aliphatic heterocycles. The van der Waals surface area contributed by atoms with Crippen LogP contribution in [0.1, 0.15) is 22.6 Å². The molecule has 2 aromatic heterocycles. The maximum Gasteiger partial charge on any atom is 0.418 e. The van der Waals surface area contributed by atoms with Gasteiger partial charge >= 0.3 is 6.18 Å². The average Bonchev–Trinajstić information content (AvgIpc) is 3.01. The van der Waals surface area contributed by atoms with Crippen molar-refractivity contribution in [2.24, 2.45) is 0 Å². The number of nitriles is 1. The number of benzene rings is 1. The zero-order chi connectivity index (χ0) is 16.8. The van der Waals surface area contributed by atoms with Gasteiger partial charge in [-0.3, -0.25) is 0 Å². The normalized spacial score (nSPS) is 11.8. The van der Waals surface area contributed by atoms with Gasteiger partial charge < -0.3 is 9.09 Å². The van der Waals surface area contributed by atoms with Crippen molar-refractivity contribution in [2.45, 2.75) is 19.6 Å². The van der Waals surface area contributed by atoms with Crippen LogP contribution in [-0.4, -0.2) is 17.6 Å². The summed E-state index contributed by atoms with van der Waals surface area (Å²) in [4.78, 5) is 0. The summed E-state index contributed by atoms with van der Waals surface area (Å²) in [5.74, 6) is 0.556. The zero-order valence-electron chi connectivity index (χ0n) is 12.4. The first kappa shape index (κ1) is 15.2. The molecule has 0 unspecified atom stereocenters. The van der Waals surface area contributed by atoms with E-state index in [4.69, 9.17) is 9.78 Å². The Morgan fingerprint density at radius 1 is 1.35 bits per heavy atom. The van der Waals surface area contributed by atoms with E-state index in [0.717, 1.165) is 0 Å². The van der Waals surface area contributed by atoms with Crippen LogP contribution in [0.2, 0.25) is 0 Å². The third-order valence-corrected chi connectivity index (χ3v) is 3.69. The molecule has 23 heavy (non-hydrogen) atoms. The van der Waals surface area contributed by atoms with Crippen molar-refractivity contribution >= 4 is 24.3 Å².